The first-order valence-electron chi connectivity index (χ1n) is 4.28. The highest BCUT2D eigenvalue weighted by Crippen LogP contribution is 2.28. The molecule has 0 fully saturated rings. The predicted octanol–water partition coefficient (Wildman–Crippen LogP) is 2.09. The molecule has 14 heavy (non-hydrogen) atoms. The fourth-order valence-corrected chi connectivity index (χ4v) is 1.91. The Bertz CT molecular complexity index is 399. The van der Waals surface area contributed by atoms with Gasteiger partial charge in [0.25, 0.3) is 0 Å². The SMILES string of the molecule is O=C=NC1COc2ccc(Br)cc2C1. The van der Waals surface area contributed by atoms with E-state index in [-0.39, 0.29) is 6.04 Å². The second kappa shape index (κ2) is 3.95. The van der Waals surface area contributed by atoms with E-state index in [4.69, 9.17) is 4.74 Å². The molecule has 2 rings (SSSR count). The first-order valence-corrected chi connectivity index (χ1v) is 5.07. The number of hydrogen-bond acceptors (Lipinski definition) is 3. The molecule has 1 aromatic rings. The van der Waals surface area contributed by atoms with Gasteiger partial charge in [-0.05, 0) is 23.8 Å². The van der Waals surface area contributed by atoms with E-state index < -0.39 is 0 Å². The molecule has 1 aliphatic heterocycles. The molecule has 0 spiro atoms. The van der Waals surface area contributed by atoms with Gasteiger partial charge < -0.3 is 4.74 Å². The minimum atomic E-state index is -0.0886. The summed E-state index contributed by atoms with van der Waals surface area (Å²) in [5.41, 5.74) is 1.08. The van der Waals surface area contributed by atoms with Crippen molar-refractivity contribution >= 4 is 22.0 Å². The standard InChI is InChI=1S/C10H8BrNO2/c11-8-1-2-10-7(3-8)4-9(5-14-10)12-6-13/h1-3,9H,4-5H2. The van der Waals surface area contributed by atoms with Crippen molar-refractivity contribution in [2.45, 2.75) is 12.5 Å². The van der Waals surface area contributed by atoms with Crippen LogP contribution in [0, 0.1) is 0 Å². The van der Waals surface area contributed by atoms with Crippen molar-refractivity contribution in [3.63, 3.8) is 0 Å². The topological polar surface area (TPSA) is 38.7 Å². The number of rotatable bonds is 1. The average Bonchev–Trinajstić information content (AvgIpc) is 2.17. The van der Waals surface area contributed by atoms with Crippen LogP contribution in [0.1, 0.15) is 5.56 Å². The molecule has 4 heteroatoms. The van der Waals surface area contributed by atoms with Crippen LogP contribution in [0.2, 0.25) is 0 Å². The van der Waals surface area contributed by atoms with Crippen LogP contribution in [0.5, 0.6) is 5.75 Å². The van der Waals surface area contributed by atoms with Gasteiger partial charge in [0.2, 0.25) is 6.08 Å². The van der Waals surface area contributed by atoms with Crippen LogP contribution >= 0.6 is 15.9 Å². The maximum Gasteiger partial charge on any atom is 0.235 e. The minimum absolute atomic E-state index is 0.0886. The number of ether oxygens (including phenoxy) is 1. The predicted molar refractivity (Wildman–Crippen MR) is 55.3 cm³/mol. The maximum atomic E-state index is 10.1. The van der Waals surface area contributed by atoms with Crippen LogP contribution in [-0.2, 0) is 11.2 Å². The summed E-state index contributed by atoms with van der Waals surface area (Å²) in [5.74, 6) is 0.880. The van der Waals surface area contributed by atoms with Crippen molar-refractivity contribution in [3.05, 3.63) is 28.2 Å². The summed E-state index contributed by atoms with van der Waals surface area (Å²) in [7, 11) is 0. The molecule has 0 amide bonds. The van der Waals surface area contributed by atoms with Crippen LogP contribution in [0.3, 0.4) is 0 Å². The van der Waals surface area contributed by atoms with E-state index in [9.17, 15) is 4.79 Å². The summed E-state index contributed by atoms with van der Waals surface area (Å²) < 4.78 is 6.46. The Morgan fingerprint density at radius 1 is 1.57 bits per heavy atom. The van der Waals surface area contributed by atoms with Gasteiger partial charge in [-0.25, -0.2) is 4.79 Å². The van der Waals surface area contributed by atoms with Crippen molar-refractivity contribution in [1.82, 2.24) is 0 Å². The molecule has 0 aromatic heterocycles. The van der Waals surface area contributed by atoms with Gasteiger partial charge in [-0.2, -0.15) is 4.99 Å². The monoisotopic (exact) mass is 253 g/mol. The van der Waals surface area contributed by atoms with Gasteiger partial charge in [0.1, 0.15) is 18.4 Å². The zero-order valence-corrected chi connectivity index (χ0v) is 8.95. The van der Waals surface area contributed by atoms with Gasteiger partial charge in [-0.1, -0.05) is 15.9 Å². The number of benzene rings is 1. The van der Waals surface area contributed by atoms with Crippen LogP contribution in [0.4, 0.5) is 0 Å². The van der Waals surface area contributed by atoms with Gasteiger partial charge in [0.05, 0.1) is 0 Å². The molecule has 0 bridgehead atoms. The molecule has 3 nitrogen and oxygen atoms in total. The van der Waals surface area contributed by atoms with Gasteiger partial charge in [-0.3, -0.25) is 0 Å². The third kappa shape index (κ3) is 1.86. The highest BCUT2D eigenvalue weighted by Gasteiger charge is 2.18. The lowest BCUT2D eigenvalue weighted by atomic mass is 10.0. The normalized spacial score (nSPS) is 19.1. The van der Waals surface area contributed by atoms with Crippen LogP contribution in [0.25, 0.3) is 0 Å². The zero-order valence-electron chi connectivity index (χ0n) is 7.37. The van der Waals surface area contributed by atoms with E-state index >= 15 is 0 Å². The van der Waals surface area contributed by atoms with Crippen molar-refractivity contribution in [2.24, 2.45) is 4.99 Å². The third-order valence-corrected chi connectivity index (χ3v) is 2.64. The number of fused-ring (bicyclic) bond motifs is 1. The molecule has 0 N–H and O–H groups in total. The van der Waals surface area contributed by atoms with Gasteiger partial charge >= 0.3 is 0 Å². The molecule has 0 saturated heterocycles. The fraction of sp³-hybridized carbons (Fsp3) is 0.300. The fourth-order valence-electron chi connectivity index (χ4n) is 1.50. The first-order chi connectivity index (χ1) is 6.79. The largest absolute Gasteiger partial charge is 0.491 e. The summed E-state index contributed by atoms with van der Waals surface area (Å²) in [6.07, 6.45) is 2.31. The number of hydrogen-bond donors (Lipinski definition) is 0. The van der Waals surface area contributed by atoms with Gasteiger partial charge in [0, 0.05) is 10.9 Å². The molecular weight excluding hydrogens is 246 g/mol. The Balaban J connectivity index is 2.28. The highest BCUT2D eigenvalue weighted by atomic mass is 79.9. The van der Waals surface area contributed by atoms with E-state index in [0.29, 0.717) is 6.61 Å². The highest BCUT2D eigenvalue weighted by molar-refractivity contribution is 9.10. The van der Waals surface area contributed by atoms with Crippen LogP contribution in [0.15, 0.2) is 27.7 Å². The van der Waals surface area contributed by atoms with Crippen molar-refractivity contribution in [1.29, 1.82) is 0 Å². The molecule has 1 heterocycles. The molecule has 72 valence electrons. The maximum absolute atomic E-state index is 10.1. The molecular formula is C10H8BrNO2. The Hall–Kier alpha value is -1.12. The Kier molecular flexibility index (Phi) is 2.66. The molecule has 1 aromatic carbocycles. The molecule has 0 aliphatic carbocycles. The number of nitrogens with zero attached hydrogens (tertiary/aromatic N) is 1. The lowest BCUT2D eigenvalue weighted by molar-refractivity contribution is 0.264. The number of halogens is 1. The Morgan fingerprint density at radius 2 is 2.43 bits per heavy atom. The summed E-state index contributed by atoms with van der Waals surface area (Å²) in [4.78, 5) is 13.8. The second-order valence-corrected chi connectivity index (χ2v) is 4.06. The van der Waals surface area contributed by atoms with Crippen molar-refractivity contribution < 1.29 is 9.53 Å². The quantitative estimate of drug-likeness (QED) is 0.568. The Morgan fingerprint density at radius 3 is 3.21 bits per heavy atom. The smallest absolute Gasteiger partial charge is 0.235 e. The van der Waals surface area contributed by atoms with E-state index in [2.05, 4.69) is 20.9 Å². The van der Waals surface area contributed by atoms with Gasteiger partial charge in [0.15, 0.2) is 0 Å². The summed E-state index contributed by atoms with van der Waals surface area (Å²) in [6.45, 7) is 0.462. The first kappa shape index (κ1) is 9.44. The molecule has 1 unspecified atom stereocenters. The third-order valence-electron chi connectivity index (χ3n) is 2.14. The minimum Gasteiger partial charge on any atom is -0.491 e. The lowest BCUT2D eigenvalue weighted by Crippen LogP contribution is -2.24. The van der Waals surface area contributed by atoms with E-state index in [1.165, 1.54) is 0 Å². The molecule has 0 saturated carbocycles. The van der Waals surface area contributed by atoms with Gasteiger partial charge in [-0.15, -0.1) is 0 Å². The lowest BCUT2D eigenvalue weighted by Gasteiger charge is -2.21. The molecule has 0 radical (unpaired) electrons. The van der Waals surface area contributed by atoms with Crippen molar-refractivity contribution in [2.75, 3.05) is 6.61 Å². The van der Waals surface area contributed by atoms with Crippen molar-refractivity contribution in [3.8, 4) is 5.75 Å². The number of isocyanates is 1. The summed E-state index contributed by atoms with van der Waals surface area (Å²) in [5, 5.41) is 0. The van der Waals surface area contributed by atoms with E-state index in [0.717, 1.165) is 22.2 Å². The Labute approximate surface area is 89.9 Å². The number of carbonyl (C=O) groups excluding carboxylic acids is 1. The second-order valence-electron chi connectivity index (χ2n) is 3.14. The number of aliphatic imine (C=N–C) groups is 1. The molecule has 1 atom stereocenters. The summed E-state index contributed by atoms with van der Waals surface area (Å²) in [6, 6.07) is 5.75. The van der Waals surface area contributed by atoms with Crippen LogP contribution in [-0.4, -0.2) is 18.7 Å². The zero-order chi connectivity index (χ0) is 9.97. The van der Waals surface area contributed by atoms with Crippen LogP contribution < -0.4 is 4.74 Å². The van der Waals surface area contributed by atoms with E-state index in [1.54, 1.807) is 6.08 Å². The van der Waals surface area contributed by atoms with E-state index in [1.807, 2.05) is 18.2 Å². The molecule has 1 aliphatic rings. The average molecular weight is 254 g/mol. The summed E-state index contributed by atoms with van der Waals surface area (Å²) >= 11 is 3.39.